The molecule has 1 amide bonds. The van der Waals surface area contributed by atoms with Gasteiger partial charge in [0.15, 0.2) is 11.0 Å². The van der Waals surface area contributed by atoms with E-state index in [2.05, 4.69) is 15.5 Å². The number of non-ortho nitro benzene ring substituents is 1. The normalized spacial score (nSPS) is 10.7. The van der Waals surface area contributed by atoms with Crippen molar-refractivity contribution in [3.8, 4) is 17.1 Å². The molecular formula is C23H19N5O3S. The molecule has 1 heterocycles. The highest BCUT2D eigenvalue weighted by Crippen LogP contribution is 2.29. The summed E-state index contributed by atoms with van der Waals surface area (Å²) in [6.45, 7) is 1.96. The van der Waals surface area contributed by atoms with Crippen molar-refractivity contribution in [2.75, 3.05) is 11.1 Å². The topological polar surface area (TPSA) is 103 Å². The summed E-state index contributed by atoms with van der Waals surface area (Å²) < 4.78 is 1.80. The smallest absolute Gasteiger partial charge is 0.270 e. The Labute approximate surface area is 188 Å². The molecule has 32 heavy (non-hydrogen) atoms. The lowest BCUT2D eigenvalue weighted by molar-refractivity contribution is -0.384. The van der Waals surface area contributed by atoms with Crippen molar-refractivity contribution in [1.29, 1.82) is 0 Å². The Morgan fingerprint density at radius 1 is 1.03 bits per heavy atom. The Balaban J connectivity index is 1.62. The monoisotopic (exact) mass is 445 g/mol. The van der Waals surface area contributed by atoms with Crippen LogP contribution in [0, 0.1) is 17.0 Å². The van der Waals surface area contributed by atoms with Gasteiger partial charge in [0.2, 0.25) is 5.91 Å². The summed E-state index contributed by atoms with van der Waals surface area (Å²) in [4.78, 5) is 23.2. The predicted molar refractivity (Wildman–Crippen MR) is 124 cm³/mol. The molecule has 160 valence electrons. The molecule has 0 unspecified atom stereocenters. The highest BCUT2D eigenvalue weighted by molar-refractivity contribution is 7.99. The Morgan fingerprint density at radius 3 is 2.56 bits per heavy atom. The molecule has 0 aliphatic carbocycles. The molecule has 0 radical (unpaired) electrons. The lowest BCUT2D eigenvalue weighted by Gasteiger charge is -2.10. The van der Waals surface area contributed by atoms with Crippen molar-refractivity contribution in [1.82, 2.24) is 14.8 Å². The van der Waals surface area contributed by atoms with Gasteiger partial charge in [-0.1, -0.05) is 54.2 Å². The van der Waals surface area contributed by atoms with Gasteiger partial charge in [-0.05, 0) is 36.8 Å². The quantitative estimate of drug-likeness (QED) is 0.247. The lowest BCUT2D eigenvalue weighted by atomic mass is 10.2. The summed E-state index contributed by atoms with van der Waals surface area (Å²) in [5.41, 5.74) is 3.11. The number of benzene rings is 3. The van der Waals surface area contributed by atoms with E-state index in [4.69, 9.17) is 0 Å². The van der Waals surface area contributed by atoms with E-state index < -0.39 is 4.92 Å². The third-order valence-corrected chi connectivity index (χ3v) is 5.53. The van der Waals surface area contributed by atoms with Gasteiger partial charge in [0.1, 0.15) is 0 Å². The molecule has 3 aromatic carbocycles. The van der Waals surface area contributed by atoms with Crippen LogP contribution in [0.2, 0.25) is 0 Å². The van der Waals surface area contributed by atoms with E-state index in [1.807, 2.05) is 61.5 Å². The fraction of sp³-hybridized carbons (Fsp3) is 0.0870. The van der Waals surface area contributed by atoms with E-state index in [1.54, 1.807) is 16.7 Å². The summed E-state index contributed by atoms with van der Waals surface area (Å²) in [5, 5.41) is 23.1. The first-order valence-corrected chi connectivity index (χ1v) is 10.7. The van der Waals surface area contributed by atoms with Crippen LogP contribution in [0.15, 0.2) is 84.0 Å². The van der Waals surface area contributed by atoms with E-state index in [0.717, 1.165) is 16.9 Å². The van der Waals surface area contributed by atoms with E-state index >= 15 is 0 Å². The van der Waals surface area contributed by atoms with Gasteiger partial charge in [-0.15, -0.1) is 10.2 Å². The molecule has 0 saturated carbocycles. The molecule has 0 aliphatic rings. The summed E-state index contributed by atoms with van der Waals surface area (Å²) in [5.74, 6) is 0.426. The van der Waals surface area contributed by atoms with Crippen LogP contribution in [-0.2, 0) is 4.79 Å². The number of aryl methyl sites for hydroxylation is 1. The number of rotatable bonds is 7. The van der Waals surface area contributed by atoms with Crippen molar-refractivity contribution in [3.63, 3.8) is 0 Å². The Kier molecular flexibility index (Phi) is 6.27. The zero-order chi connectivity index (χ0) is 22.5. The number of nitrogens with one attached hydrogen (secondary N) is 1. The van der Waals surface area contributed by atoms with Crippen LogP contribution < -0.4 is 5.32 Å². The fourth-order valence-electron chi connectivity index (χ4n) is 3.17. The summed E-state index contributed by atoms with van der Waals surface area (Å²) in [6, 6.07) is 23.3. The van der Waals surface area contributed by atoms with Crippen molar-refractivity contribution in [3.05, 3.63) is 94.5 Å². The number of nitrogens with zero attached hydrogens (tertiary/aromatic N) is 4. The lowest BCUT2D eigenvalue weighted by Crippen LogP contribution is -2.14. The van der Waals surface area contributed by atoms with Crippen LogP contribution in [-0.4, -0.2) is 31.3 Å². The molecule has 0 bridgehead atoms. The standard InChI is InChI=1S/C23H19N5O3S/c1-16-7-5-9-18(13-16)24-21(29)15-32-23-26-25-22(27(23)19-10-3-2-4-11-19)17-8-6-12-20(14-17)28(30)31/h2-14H,15H2,1H3,(H,24,29). The molecule has 1 aromatic heterocycles. The molecular weight excluding hydrogens is 426 g/mol. The fourth-order valence-corrected chi connectivity index (χ4v) is 3.92. The van der Waals surface area contributed by atoms with Gasteiger partial charge in [-0.3, -0.25) is 19.5 Å². The Morgan fingerprint density at radius 2 is 1.81 bits per heavy atom. The van der Waals surface area contributed by atoms with Crippen molar-refractivity contribution in [2.24, 2.45) is 0 Å². The Hall–Kier alpha value is -3.98. The maximum Gasteiger partial charge on any atom is 0.270 e. The molecule has 0 fully saturated rings. The number of thioether (sulfide) groups is 1. The first kappa shape index (κ1) is 21.3. The molecule has 8 nitrogen and oxygen atoms in total. The minimum Gasteiger partial charge on any atom is -0.325 e. The summed E-state index contributed by atoms with van der Waals surface area (Å²) in [7, 11) is 0. The van der Waals surface area contributed by atoms with Gasteiger partial charge in [0, 0.05) is 29.1 Å². The molecule has 0 saturated heterocycles. The second-order valence-electron chi connectivity index (χ2n) is 6.99. The zero-order valence-corrected chi connectivity index (χ0v) is 18.0. The van der Waals surface area contributed by atoms with Crippen LogP contribution in [0.1, 0.15) is 5.56 Å². The van der Waals surface area contributed by atoms with Crippen LogP contribution in [0.4, 0.5) is 11.4 Å². The van der Waals surface area contributed by atoms with Crippen LogP contribution >= 0.6 is 11.8 Å². The first-order valence-electron chi connectivity index (χ1n) is 9.76. The van der Waals surface area contributed by atoms with E-state index in [-0.39, 0.29) is 17.3 Å². The SMILES string of the molecule is Cc1cccc(NC(=O)CSc2nnc(-c3cccc([N+](=O)[O-])c3)n2-c2ccccc2)c1. The van der Waals surface area contributed by atoms with E-state index in [9.17, 15) is 14.9 Å². The average Bonchev–Trinajstić information content (AvgIpc) is 3.22. The number of hydrogen-bond acceptors (Lipinski definition) is 6. The van der Waals surface area contributed by atoms with E-state index in [0.29, 0.717) is 16.5 Å². The van der Waals surface area contributed by atoms with Crippen molar-refractivity contribution < 1.29 is 9.72 Å². The number of para-hydroxylation sites is 1. The molecule has 0 spiro atoms. The maximum absolute atomic E-state index is 12.5. The molecule has 4 rings (SSSR count). The predicted octanol–water partition coefficient (Wildman–Crippen LogP) is 4.88. The number of carbonyl (C=O) groups is 1. The van der Waals surface area contributed by atoms with Gasteiger partial charge in [-0.2, -0.15) is 0 Å². The Bertz CT molecular complexity index is 1270. The zero-order valence-electron chi connectivity index (χ0n) is 17.1. The molecule has 0 aliphatic heterocycles. The van der Waals surface area contributed by atoms with Crippen molar-refractivity contribution in [2.45, 2.75) is 12.1 Å². The minimum absolute atomic E-state index is 0.0307. The highest BCUT2D eigenvalue weighted by atomic mass is 32.2. The third-order valence-electron chi connectivity index (χ3n) is 4.60. The second kappa shape index (κ2) is 9.44. The first-order chi connectivity index (χ1) is 15.5. The number of anilines is 1. The van der Waals surface area contributed by atoms with E-state index in [1.165, 1.54) is 23.9 Å². The minimum atomic E-state index is -0.446. The second-order valence-corrected chi connectivity index (χ2v) is 7.93. The number of hydrogen-bond donors (Lipinski definition) is 1. The van der Waals surface area contributed by atoms with Gasteiger partial charge in [-0.25, -0.2) is 0 Å². The van der Waals surface area contributed by atoms with Crippen LogP contribution in [0.25, 0.3) is 17.1 Å². The summed E-state index contributed by atoms with van der Waals surface area (Å²) >= 11 is 1.24. The summed E-state index contributed by atoms with van der Waals surface area (Å²) in [6.07, 6.45) is 0. The number of nitro groups is 1. The third kappa shape index (κ3) is 4.84. The van der Waals surface area contributed by atoms with Crippen LogP contribution in [0.3, 0.4) is 0 Å². The van der Waals surface area contributed by atoms with Crippen molar-refractivity contribution >= 4 is 29.0 Å². The number of nitro benzene ring substituents is 1. The average molecular weight is 446 g/mol. The van der Waals surface area contributed by atoms with Crippen LogP contribution in [0.5, 0.6) is 0 Å². The molecule has 9 heteroatoms. The number of aromatic nitrogens is 3. The number of amides is 1. The van der Waals surface area contributed by atoms with Gasteiger partial charge in [0.25, 0.3) is 5.69 Å². The number of carbonyl (C=O) groups excluding carboxylic acids is 1. The molecule has 1 N–H and O–H groups in total. The van der Waals surface area contributed by atoms with Gasteiger partial charge in [0.05, 0.1) is 10.7 Å². The molecule has 0 atom stereocenters. The van der Waals surface area contributed by atoms with Gasteiger partial charge < -0.3 is 5.32 Å². The van der Waals surface area contributed by atoms with Gasteiger partial charge >= 0.3 is 0 Å². The highest BCUT2D eigenvalue weighted by Gasteiger charge is 2.19. The molecule has 4 aromatic rings. The largest absolute Gasteiger partial charge is 0.325 e. The maximum atomic E-state index is 12.5.